The fraction of sp³-hybridized carbons (Fsp3) is 0.600. The van der Waals surface area contributed by atoms with Crippen LogP contribution in [0.5, 0.6) is 0 Å². The van der Waals surface area contributed by atoms with E-state index in [0.29, 0.717) is 5.41 Å². The topological polar surface area (TPSA) is 58.5 Å². The highest BCUT2D eigenvalue weighted by Crippen LogP contribution is 2.43. The maximum Gasteiger partial charge on any atom is 0.191 e. The summed E-state index contributed by atoms with van der Waals surface area (Å²) >= 11 is 3.53. The lowest BCUT2D eigenvalue weighted by Crippen LogP contribution is -2.47. The molecule has 1 aliphatic carbocycles. The van der Waals surface area contributed by atoms with Gasteiger partial charge in [-0.1, -0.05) is 6.42 Å². The first-order chi connectivity index (χ1) is 13.1. The van der Waals surface area contributed by atoms with Crippen LogP contribution in [0.15, 0.2) is 22.5 Å². The number of hydrogen-bond donors (Lipinski definition) is 2. The number of aryl methyl sites for hydroxylation is 1. The Hall–Kier alpha value is -1.44. The zero-order valence-corrected chi connectivity index (χ0v) is 18.1. The van der Waals surface area contributed by atoms with Crippen molar-refractivity contribution in [3.63, 3.8) is 0 Å². The van der Waals surface area contributed by atoms with Gasteiger partial charge in [-0.2, -0.15) is 0 Å². The van der Waals surface area contributed by atoms with Crippen LogP contribution >= 0.6 is 22.7 Å². The van der Waals surface area contributed by atoms with Gasteiger partial charge in [0.05, 0.1) is 15.6 Å². The standard InChI is InChI=1S/C20H30N4OS2/c1-15-24-17(13-26-15)18-6-5-16(27-18)7-11-22-19(21-2)23-14-20(8-4-9-20)10-12-25-3/h5-6,13H,4,7-12,14H2,1-3H3,(H2,21,22,23). The minimum absolute atomic E-state index is 0.391. The van der Waals surface area contributed by atoms with Crippen LogP contribution in [0.4, 0.5) is 0 Å². The molecule has 1 saturated carbocycles. The van der Waals surface area contributed by atoms with Crippen molar-refractivity contribution in [1.82, 2.24) is 15.6 Å². The Labute approximate surface area is 170 Å². The first-order valence-electron chi connectivity index (χ1n) is 9.59. The lowest BCUT2D eigenvalue weighted by atomic mass is 9.67. The number of thiazole rings is 1. The summed E-state index contributed by atoms with van der Waals surface area (Å²) in [5, 5.41) is 10.2. The number of guanidine groups is 1. The van der Waals surface area contributed by atoms with Crippen molar-refractivity contribution in [1.29, 1.82) is 0 Å². The van der Waals surface area contributed by atoms with Gasteiger partial charge in [-0.15, -0.1) is 22.7 Å². The lowest BCUT2D eigenvalue weighted by molar-refractivity contribution is 0.0732. The molecule has 2 heterocycles. The van der Waals surface area contributed by atoms with E-state index in [1.807, 2.05) is 25.3 Å². The maximum absolute atomic E-state index is 5.28. The summed E-state index contributed by atoms with van der Waals surface area (Å²) < 4.78 is 5.28. The van der Waals surface area contributed by atoms with Crippen molar-refractivity contribution >= 4 is 28.6 Å². The van der Waals surface area contributed by atoms with Crippen molar-refractivity contribution in [2.24, 2.45) is 10.4 Å². The van der Waals surface area contributed by atoms with Gasteiger partial charge in [0.2, 0.25) is 0 Å². The number of nitrogens with zero attached hydrogens (tertiary/aromatic N) is 2. The van der Waals surface area contributed by atoms with E-state index < -0.39 is 0 Å². The number of methoxy groups -OCH3 is 1. The fourth-order valence-corrected chi connectivity index (χ4v) is 5.09. The van der Waals surface area contributed by atoms with Gasteiger partial charge in [0.1, 0.15) is 0 Å². The Kier molecular flexibility index (Phi) is 7.26. The van der Waals surface area contributed by atoms with E-state index >= 15 is 0 Å². The third kappa shape index (κ3) is 5.53. The van der Waals surface area contributed by atoms with E-state index in [1.165, 1.54) is 29.0 Å². The molecule has 148 valence electrons. The molecule has 1 aliphatic rings. The molecular formula is C20H30N4OS2. The Morgan fingerprint density at radius 3 is 2.81 bits per heavy atom. The number of aliphatic imine (C=N–C) groups is 1. The SMILES string of the molecule is CN=C(NCCc1ccc(-c2csc(C)n2)s1)NCC1(CCOC)CCC1. The number of rotatable bonds is 9. The van der Waals surface area contributed by atoms with Crippen molar-refractivity contribution in [3.05, 3.63) is 27.4 Å². The van der Waals surface area contributed by atoms with E-state index in [-0.39, 0.29) is 0 Å². The second-order valence-electron chi connectivity index (χ2n) is 7.22. The summed E-state index contributed by atoms with van der Waals surface area (Å²) in [6.07, 6.45) is 6.02. The van der Waals surface area contributed by atoms with Crippen LogP contribution in [0, 0.1) is 12.3 Å². The largest absolute Gasteiger partial charge is 0.385 e. The summed E-state index contributed by atoms with van der Waals surface area (Å²) in [7, 11) is 3.62. The van der Waals surface area contributed by atoms with Gasteiger partial charge < -0.3 is 15.4 Å². The molecule has 3 rings (SSSR count). The molecule has 0 unspecified atom stereocenters. The number of thiophene rings is 1. The summed E-state index contributed by atoms with van der Waals surface area (Å²) in [4.78, 5) is 11.6. The van der Waals surface area contributed by atoms with Gasteiger partial charge in [-0.25, -0.2) is 4.98 Å². The molecular weight excluding hydrogens is 376 g/mol. The molecule has 2 aromatic rings. The summed E-state index contributed by atoms with van der Waals surface area (Å²) in [5.41, 5.74) is 1.49. The zero-order valence-electron chi connectivity index (χ0n) is 16.5. The highest BCUT2D eigenvalue weighted by Gasteiger charge is 2.36. The highest BCUT2D eigenvalue weighted by atomic mass is 32.1. The highest BCUT2D eigenvalue weighted by molar-refractivity contribution is 7.16. The molecule has 0 aliphatic heterocycles. The Balaban J connectivity index is 1.43. The third-order valence-corrected chi connectivity index (χ3v) is 7.24. The molecule has 27 heavy (non-hydrogen) atoms. The van der Waals surface area contributed by atoms with E-state index in [9.17, 15) is 0 Å². The van der Waals surface area contributed by atoms with E-state index in [4.69, 9.17) is 4.74 Å². The fourth-order valence-electron chi connectivity index (χ4n) is 3.43. The normalized spacial score (nSPS) is 16.2. The predicted molar refractivity (Wildman–Crippen MR) is 116 cm³/mol. The second kappa shape index (κ2) is 9.66. The van der Waals surface area contributed by atoms with Gasteiger partial charge in [0, 0.05) is 44.1 Å². The van der Waals surface area contributed by atoms with Gasteiger partial charge >= 0.3 is 0 Å². The van der Waals surface area contributed by atoms with Gasteiger partial charge in [0.25, 0.3) is 0 Å². The maximum atomic E-state index is 5.28. The third-order valence-electron chi connectivity index (χ3n) is 5.30. The molecule has 0 amide bonds. The molecule has 5 nitrogen and oxygen atoms in total. The van der Waals surface area contributed by atoms with Crippen LogP contribution in [0.1, 0.15) is 35.6 Å². The molecule has 2 aromatic heterocycles. The van der Waals surface area contributed by atoms with Gasteiger partial charge in [-0.3, -0.25) is 4.99 Å². The molecule has 2 N–H and O–H groups in total. The molecule has 1 fully saturated rings. The number of nitrogens with one attached hydrogen (secondary N) is 2. The van der Waals surface area contributed by atoms with Crippen LogP contribution < -0.4 is 10.6 Å². The van der Waals surface area contributed by atoms with Crippen molar-refractivity contribution in [2.75, 3.05) is 33.9 Å². The summed E-state index contributed by atoms with van der Waals surface area (Å²) in [5.74, 6) is 0.894. The van der Waals surface area contributed by atoms with Crippen LogP contribution in [0.25, 0.3) is 10.6 Å². The number of hydrogen-bond acceptors (Lipinski definition) is 5. The van der Waals surface area contributed by atoms with Crippen molar-refractivity contribution in [2.45, 2.75) is 39.0 Å². The summed E-state index contributed by atoms with van der Waals surface area (Å²) in [6.45, 7) is 4.74. The molecule has 0 aromatic carbocycles. The molecule has 0 bridgehead atoms. The van der Waals surface area contributed by atoms with E-state index in [0.717, 1.165) is 49.2 Å². The van der Waals surface area contributed by atoms with Crippen LogP contribution in [-0.2, 0) is 11.2 Å². The van der Waals surface area contributed by atoms with Crippen LogP contribution in [-0.4, -0.2) is 44.8 Å². The quantitative estimate of drug-likeness (QED) is 0.486. The van der Waals surface area contributed by atoms with Crippen LogP contribution in [0.2, 0.25) is 0 Å². The smallest absolute Gasteiger partial charge is 0.191 e. The number of aromatic nitrogens is 1. The monoisotopic (exact) mass is 406 g/mol. The Bertz CT molecular complexity index is 749. The van der Waals surface area contributed by atoms with Gasteiger partial charge in [-0.05, 0) is 50.2 Å². The minimum atomic E-state index is 0.391. The first kappa shape index (κ1) is 20.3. The molecule has 0 saturated heterocycles. The lowest BCUT2D eigenvalue weighted by Gasteiger charge is -2.42. The van der Waals surface area contributed by atoms with E-state index in [2.05, 4.69) is 38.1 Å². The number of ether oxygens (including phenoxy) is 1. The molecule has 7 heteroatoms. The molecule has 0 radical (unpaired) electrons. The Morgan fingerprint density at radius 2 is 2.19 bits per heavy atom. The van der Waals surface area contributed by atoms with Gasteiger partial charge in [0.15, 0.2) is 5.96 Å². The summed E-state index contributed by atoms with van der Waals surface area (Å²) in [6, 6.07) is 4.39. The Morgan fingerprint density at radius 1 is 1.33 bits per heavy atom. The molecule has 0 spiro atoms. The van der Waals surface area contributed by atoms with E-state index in [1.54, 1.807) is 18.4 Å². The minimum Gasteiger partial charge on any atom is -0.385 e. The zero-order chi connectivity index (χ0) is 19.1. The van der Waals surface area contributed by atoms with Crippen molar-refractivity contribution < 1.29 is 4.74 Å². The average molecular weight is 407 g/mol. The second-order valence-corrected chi connectivity index (χ2v) is 9.45. The molecule has 0 atom stereocenters. The van der Waals surface area contributed by atoms with Crippen LogP contribution in [0.3, 0.4) is 0 Å². The first-order valence-corrected chi connectivity index (χ1v) is 11.3. The van der Waals surface area contributed by atoms with Crippen molar-refractivity contribution in [3.8, 4) is 10.6 Å². The predicted octanol–water partition coefficient (Wildman–Crippen LogP) is 4.09. The average Bonchev–Trinajstić information content (AvgIpc) is 3.27.